The number of para-hydroxylation sites is 1. The zero-order valence-electron chi connectivity index (χ0n) is 12.6. The lowest BCUT2D eigenvalue weighted by molar-refractivity contribution is 0.469. The highest BCUT2D eigenvalue weighted by Crippen LogP contribution is 2.32. The molecule has 0 atom stereocenters. The molecule has 1 heterocycles. The molecular weight excluding hydrogens is 348 g/mol. The maximum Gasteiger partial charge on any atom is 0.153 e. The molecule has 4 nitrogen and oxygen atoms in total. The Kier molecular flexibility index (Phi) is 4.78. The average Bonchev–Trinajstić information content (AvgIpc) is 2.59. The van der Waals surface area contributed by atoms with Crippen LogP contribution in [0.3, 0.4) is 0 Å². The summed E-state index contributed by atoms with van der Waals surface area (Å²) in [6.07, 6.45) is 1.33. The SMILES string of the molecule is N#Cc1c(Nc2c(F)cc(Oc3ccccc3)cc2F)ccnc1Cl. The largest absolute Gasteiger partial charge is 0.457 e. The number of rotatable bonds is 4. The van der Waals surface area contributed by atoms with Gasteiger partial charge in [0, 0.05) is 18.3 Å². The van der Waals surface area contributed by atoms with Gasteiger partial charge in [-0.05, 0) is 18.2 Å². The molecule has 0 unspecified atom stereocenters. The molecule has 0 amide bonds. The van der Waals surface area contributed by atoms with Crippen molar-refractivity contribution in [1.29, 1.82) is 5.26 Å². The molecule has 0 aliphatic rings. The second-order valence-corrected chi connectivity index (χ2v) is 5.30. The van der Waals surface area contributed by atoms with E-state index in [1.165, 1.54) is 12.3 Å². The number of benzene rings is 2. The number of hydrogen-bond acceptors (Lipinski definition) is 4. The van der Waals surface area contributed by atoms with Crippen LogP contribution in [0.1, 0.15) is 5.56 Å². The van der Waals surface area contributed by atoms with Gasteiger partial charge in [-0.25, -0.2) is 13.8 Å². The molecule has 0 bridgehead atoms. The van der Waals surface area contributed by atoms with Gasteiger partial charge in [0.15, 0.2) is 11.6 Å². The topological polar surface area (TPSA) is 57.9 Å². The van der Waals surface area contributed by atoms with E-state index in [1.54, 1.807) is 30.3 Å². The molecule has 0 aliphatic heterocycles. The van der Waals surface area contributed by atoms with E-state index in [0.29, 0.717) is 5.75 Å². The van der Waals surface area contributed by atoms with E-state index < -0.39 is 17.3 Å². The van der Waals surface area contributed by atoms with Crippen molar-refractivity contribution in [3.63, 3.8) is 0 Å². The van der Waals surface area contributed by atoms with Gasteiger partial charge >= 0.3 is 0 Å². The Morgan fingerprint density at radius 2 is 1.72 bits per heavy atom. The zero-order valence-corrected chi connectivity index (χ0v) is 13.4. The van der Waals surface area contributed by atoms with E-state index in [1.807, 2.05) is 6.07 Å². The summed E-state index contributed by atoms with van der Waals surface area (Å²) in [6, 6.07) is 14.0. The predicted molar refractivity (Wildman–Crippen MR) is 90.1 cm³/mol. The van der Waals surface area contributed by atoms with E-state index in [2.05, 4.69) is 10.3 Å². The molecule has 2 aromatic carbocycles. The molecule has 25 heavy (non-hydrogen) atoms. The van der Waals surface area contributed by atoms with E-state index in [9.17, 15) is 8.78 Å². The van der Waals surface area contributed by atoms with Crippen molar-refractivity contribution < 1.29 is 13.5 Å². The first kappa shape index (κ1) is 16.7. The Balaban J connectivity index is 1.91. The molecule has 3 aromatic rings. The number of halogens is 3. The highest BCUT2D eigenvalue weighted by atomic mass is 35.5. The van der Waals surface area contributed by atoms with Crippen molar-refractivity contribution in [3.8, 4) is 17.6 Å². The van der Waals surface area contributed by atoms with Crippen LogP contribution in [0.25, 0.3) is 0 Å². The second kappa shape index (κ2) is 7.16. The number of nitrogens with one attached hydrogen (secondary N) is 1. The second-order valence-electron chi connectivity index (χ2n) is 4.94. The van der Waals surface area contributed by atoms with Crippen LogP contribution in [0.2, 0.25) is 5.15 Å². The quantitative estimate of drug-likeness (QED) is 0.633. The standard InChI is InChI=1S/C18H10ClF2N3O/c19-18-13(10-22)16(6-7-23-18)24-17-14(20)8-12(9-15(17)21)25-11-4-2-1-3-5-11/h1-9H,(H,23,24). The van der Waals surface area contributed by atoms with Crippen LogP contribution in [0, 0.1) is 23.0 Å². The fraction of sp³-hybridized carbons (Fsp3) is 0. The van der Waals surface area contributed by atoms with Crippen molar-refractivity contribution in [1.82, 2.24) is 4.98 Å². The molecule has 0 spiro atoms. The summed E-state index contributed by atoms with van der Waals surface area (Å²) in [4.78, 5) is 3.75. The number of ether oxygens (including phenoxy) is 1. The van der Waals surface area contributed by atoms with Gasteiger partial charge in [-0.3, -0.25) is 0 Å². The minimum atomic E-state index is -0.872. The molecule has 0 fully saturated rings. The number of nitrogens with zero attached hydrogens (tertiary/aromatic N) is 2. The van der Waals surface area contributed by atoms with Crippen LogP contribution in [0.4, 0.5) is 20.2 Å². The summed E-state index contributed by atoms with van der Waals surface area (Å²) < 4.78 is 34.1. The van der Waals surface area contributed by atoms with Crippen LogP contribution >= 0.6 is 11.6 Å². The zero-order chi connectivity index (χ0) is 17.8. The summed E-state index contributed by atoms with van der Waals surface area (Å²) >= 11 is 5.81. The van der Waals surface area contributed by atoms with Crippen LogP contribution in [-0.4, -0.2) is 4.98 Å². The average molecular weight is 358 g/mol. The highest BCUT2D eigenvalue weighted by Gasteiger charge is 2.15. The Bertz CT molecular complexity index is 935. The number of anilines is 2. The number of pyridine rings is 1. The first-order valence-corrected chi connectivity index (χ1v) is 7.50. The van der Waals surface area contributed by atoms with Crippen LogP contribution < -0.4 is 10.1 Å². The summed E-state index contributed by atoms with van der Waals surface area (Å²) in [5.74, 6) is -1.28. The third-order valence-corrected chi connectivity index (χ3v) is 3.56. The van der Waals surface area contributed by atoms with Crippen LogP contribution in [-0.2, 0) is 0 Å². The van der Waals surface area contributed by atoms with E-state index in [4.69, 9.17) is 21.6 Å². The van der Waals surface area contributed by atoms with Crippen molar-refractivity contribution >= 4 is 23.0 Å². The molecular formula is C18H10ClF2N3O. The molecule has 3 rings (SSSR count). The van der Waals surface area contributed by atoms with Gasteiger partial charge < -0.3 is 10.1 Å². The van der Waals surface area contributed by atoms with Gasteiger partial charge in [-0.15, -0.1) is 0 Å². The first-order valence-electron chi connectivity index (χ1n) is 7.12. The minimum absolute atomic E-state index is 0.00687. The van der Waals surface area contributed by atoms with Gasteiger partial charge in [0.05, 0.1) is 5.69 Å². The lowest BCUT2D eigenvalue weighted by atomic mass is 10.2. The molecule has 1 N–H and O–H groups in total. The van der Waals surface area contributed by atoms with Crippen LogP contribution in [0.5, 0.6) is 11.5 Å². The van der Waals surface area contributed by atoms with Gasteiger partial charge in [-0.1, -0.05) is 29.8 Å². The molecule has 0 saturated carbocycles. The molecule has 1 aromatic heterocycles. The Labute approximate surface area is 147 Å². The Hall–Kier alpha value is -3.17. The van der Waals surface area contributed by atoms with E-state index in [0.717, 1.165) is 12.1 Å². The van der Waals surface area contributed by atoms with Crippen molar-refractivity contribution in [3.05, 3.63) is 77.1 Å². The lowest BCUT2D eigenvalue weighted by Crippen LogP contribution is -2.01. The van der Waals surface area contributed by atoms with Gasteiger partial charge in [0.25, 0.3) is 0 Å². The summed E-state index contributed by atoms with van der Waals surface area (Å²) in [7, 11) is 0. The molecule has 0 aliphatic carbocycles. The third-order valence-electron chi connectivity index (χ3n) is 3.27. The van der Waals surface area contributed by atoms with Crippen LogP contribution in [0.15, 0.2) is 54.7 Å². The van der Waals surface area contributed by atoms with Gasteiger partial charge in [-0.2, -0.15) is 5.26 Å². The van der Waals surface area contributed by atoms with E-state index >= 15 is 0 Å². The maximum atomic E-state index is 14.3. The predicted octanol–water partition coefficient (Wildman–Crippen LogP) is 5.42. The number of hydrogen-bond donors (Lipinski definition) is 1. The first-order chi connectivity index (χ1) is 12.1. The monoisotopic (exact) mass is 357 g/mol. The summed E-state index contributed by atoms with van der Waals surface area (Å²) in [5.41, 5.74) is -0.274. The number of nitriles is 1. The maximum absolute atomic E-state index is 14.3. The smallest absolute Gasteiger partial charge is 0.153 e. The Morgan fingerprint density at radius 1 is 1.04 bits per heavy atom. The fourth-order valence-corrected chi connectivity index (χ4v) is 2.33. The molecule has 0 saturated heterocycles. The lowest BCUT2D eigenvalue weighted by Gasteiger charge is -2.12. The third kappa shape index (κ3) is 3.67. The highest BCUT2D eigenvalue weighted by molar-refractivity contribution is 6.30. The van der Waals surface area contributed by atoms with Gasteiger partial charge in [0.2, 0.25) is 0 Å². The Morgan fingerprint density at radius 3 is 2.36 bits per heavy atom. The van der Waals surface area contributed by atoms with Crippen molar-refractivity contribution in [2.45, 2.75) is 0 Å². The number of aromatic nitrogens is 1. The van der Waals surface area contributed by atoms with Crippen molar-refractivity contribution in [2.24, 2.45) is 0 Å². The summed E-state index contributed by atoms with van der Waals surface area (Å²) in [6.45, 7) is 0. The molecule has 7 heteroatoms. The molecule has 124 valence electrons. The van der Waals surface area contributed by atoms with Gasteiger partial charge in [0.1, 0.15) is 34.0 Å². The van der Waals surface area contributed by atoms with E-state index in [-0.39, 0.29) is 22.2 Å². The summed E-state index contributed by atoms with van der Waals surface area (Å²) in [5, 5.41) is 11.6. The minimum Gasteiger partial charge on any atom is -0.457 e. The van der Waals surface area contributed by atoms with Crippen molar-refractivity contribution in [2.75, 3.05) is 5.32 Å². The molecule has 0 radical (unpaired) electrons. The fourth-order valence-electron chi connectivity index (χ4n) is 2.13. The normalized spacial score (nSPS) is 10.2.